The third-order valence-corrected chi connectivity index (χ3v) is 3.75. The number of likely N-dealkylation sites (N-methyl/N-ethyl adjacent to an activating group) is 1. The molecule has 0 radical (unpaired) electrons. The van der Waals surface area contributed by atoms with E-state index >= 15 is 0 Å². The van der Waals surface area contributed by atoms with Crippen LogP contribution < -0.4 is 5.32 Å². The third-order valence-electron chi connectivity index (χ3n) is 3.75. The van der Waals surface area contributed by atoms with Crippen LogP contribution in [0.5, 0.6) is 0 Å². The summed E-state index contributed by atoms with van der Waals surface area (Å²) in [6.07, 6.45) is 6.11. The topological polar surface area (TPSA) is 41.6 Å². The maximum atomic E-state index is 11.9. The van der Waals surface area contributed by atoms with E-state index in [4.69, 9.17) is 4.84 Å². The summed E-state index contributed by atoms with van der Waals surface area (Å²) in [7, 11) is 3.20. The molecule has 0 aromatic carbocycles. The standard InChI is InChI=1S/C11H20N2O2/c1-13(15-2)11(14)10-7-8-5-3-4-6-9(8)12-10/h8-10,12H,3-7H2,1-2H3. The first-order valence-corrected chi connectivity index (χ1v) is 5.80. The Morgan fingerprint density at radius 1 is 1.40 bits per heavy atom. The normalized spacial score (nSPS) is 34.9. The lowest BCUT2D eigenvalue weighted by atomic mass is 9.85. The molecule has 1 saturated carbocycles. The molecular formula is C11H20N2O2. The molecule has 3 atom stereocenters. The SMILES string of the molecule is CON(C)C(=O)C1CC2CCCCC2N1. The van der Waals surface area contributed by atoms with E-state index in [0.29, 0.717) is 12.0 Å². The number of nitrogens with zero attached hydrogens (tertiary/aromatic N) is 1. The zero-order chi connectivity index (χ0) is 10.8. The maximum absolute atomic E-state index is 11.9. The summed E-state index contributed by atoms with van der Waals surface area (Å²) in [4.78, 5) is 16.8. The van der Waals surface area contributed by atoms with Crippen LogP contribution >= 0.6 is 0 Å². The van der Waals surface area contributed by atoms with Crippen molar-refractivity contribution >= 4 is 5.91 Å². The van der Waals surface area contributed by atoms with Gasteiger partial charge in [-0.2, -0.15) is 0 Å². The Bertz CT molecular complexity index is 231. The minimum atomic E-state index is -0.0250. The molecule has 0 bridgehead atoms. The van der Waals surface area contributed by atoms with Gasteiger partial charge >= 0.3 is 0 Å². The van der Waals surface area contributed by atoms with Gasteiger partial charge in [0.25, 0.3) is 5.91 Å². The van der Waals surface area contributed by atoms with Crippen molar-refractivity contribution in [1.82, 2.24) is 10.4 Å². The van der Waals surface area contributed by atoms with Crippen molar-refractivity contribution in [3.63, 3.8) is 0 Å². The first kappa shape index (κ1) is 10.9. The van der Waals surface area contributed by atoms with E-state index in [1.807, 2.05) is 0 Å². The van der Waals surface area contributed by atoms with Crippen LogP contribution in [0.15, 0.2) is 0 Å². The van der Waals surface area contributed by atoms with E-state index in [1.54, 1.807) is 7.05 Å². The minimum absolute atomic E-state index is 0.0250. The lowest BCUT2D eigenvalue weighted by molar-refractivity contribution is -0.170. The predicted molar refractivity (Wildman–Crippen MR) is 57.1 cm³/mol. The van der Waals surface area contributed by atoms with E-state index in [9.17, 15) is 4.79 Å². The molecule has 1 aliphatic carbocycles. The summed E-state index contributed by atoms with van der Waals surface area (Å²) >= 11 is 0. The fourth-order valence-electron chi connectivity index (χ4n) is 2.82. The van der Waals surface area contributed by atoms with E-state index in [2.05, 4.69) is 5.32 Å². The Hall–Kier alpha value is -0.610. The second-order valence-electron chi connectivity index (χ2n) is 4.62. The monoisotopic (exact) mass is 212 g/mol. The van der Waals surface area contributed by atoms with Gasteiger partial charge in [-0.3, -0.25) is 9.63 Å². The summed E-state index contributed by atoms with van der Waals surface area (Å²) in [5.41, 5.74) is 0. The summed E-state index contributed by atoms with van der Waals surface area (Å²) in [6, 6.07) is 0.543. The molecular weight excluding hydrogens is 192 g/mol. The fraction of sp³-hybridized carbons (Fsp3) is 0.909. The van der Waals surface area contributed by atoms with Crippen LogP contribution in [0.25, 0.3) is 0 Å². The molecule has 4 nitrogen and oxygen atoms in total. The van der Waals surface area contributed by atoms with E-state index in [-0.39, 0.29) is 11.9 Å². The van der Waals surface area contributed by atoms with Gasteiger partial charge in [0.2, 0.25) is 0 Å². The second-order valence-corrected chi connectivity index (χ2v) is 4.62. The van der Waals surface area contributed by atoms with Gasteiger partial charge in [0.05, 0.1) is 13.2 Å². The molecule has 2 fully saturated rings. The Labute approximate surface area is 90.9 Å². The van der Waals surface area contributed by atoms with Gasteiger partial charge < -0.3 is 5.32 Å². The zero-order valence-corrected chi connectivity index (χ0v) is 9.53. The average Bonchev–Trinajstić information content (AvgIpc) is 2.70. The van der Waals surface area contributed by atoms with E-state index in [0.717, 1.165) is 6.42 Å². The zero-order valence-electron chi connectivity index (χ0n) is 9.53. The summed E-state index contributed by atoms with van der Waals surface area (Å²) in [5, 5.41) is 4.77. The number of fused-ring (bicyclic) bond motifs is 1. The molecule has 2 rings (SSSR count). The van der Waals surface area contributed by atoms with Crippen molar-refractivity contribution in [2.24, 2.45) is 5.92 Å². The molecule has 1 amide bonds. The van der Waals surface area contributed by atoms with Gasteiger partial charge in [-0.05, 0) is 25.2 Å². The van der Waals surface area contributed by atoms with Crippen LogP contribution in [0, 0.1) is 5.92 Å². The number of hydrogen-bond acceptors (Lipinski definition) is 3. The Kier molecular flexibility index (Phi) is 3.26. The van der Waals surface area contributed by atoms with Crippen LogP contribution in [-0.4, -0.2) is 37.2 Å². The summed E-state index contributed by atoms with van der Waals surface area (Å²) < 4.78 is 0. The highest BCUT2D eigenvalue weighted by molar-refractivity contribution is 5.81. The molecule has 0 aromatic heterocycles. The maximum Gasteiger partial charge on any atom is 0.262 e. The number of amides is 1. The van der Waals surface area contributed by atoms with Crippen LogP contribution in [-0.2, 0) is 9.63 Å². The number of nitrogens with one attached hydrogen (secondary N) is 1. The molecule has 0 aromatic rings. The minimum Gasteiger partial charge on any atom is -0.303 e. The van der Waals surface area contributed by atoms with Gasteiger partial charge in [0, 0.05) is 13.1 Å². The molecule has 1 N–H and O–H groups in total. The van der Waals surface area contributed by atoms with Gasteiger partial charge in [-0.15, -0.1) is 0 Å². The lowest BCUT2D eigenvalue weighted by Gasteiger charge is -2.24. The van der Waals surface area contributed by atoms with E-state index < -0.39 is 0 Å². The molecule has 1 heterocycles. The summed E-state index contributed by atoms with van der Waals surface area (Å²) in [5.74, 6) is 0.768. The fourth-order valence-corrected chi connectivity index (χ4v) is 2.82. The second kappa shape index (κ2) is 4.49. The molecule has 1 aliphatic heterocycles. The number of carbonyl (C=O) groups excluding carboxylic acids is 1. The average molecular weight is 212 g/mol. The molecule has 0 spiro atoms. The molecule has 86 valence electrons. The molecule has 2 aliphatic rings. The molecule has 3 unspecified atom stereocenters. The molecule has 4 heteroatoms. The quantitative estimate of drug-likeness (QED) is 0.692. The highest BCUT2D eigenvalue weighted by Gasteiger charge is 2.39. The smallest absolute Gasteiger partial charge is 0.262 e. The van der Waals surface area contributed by atoms with Crippen molar-refractivity contribution < 1.29 is 9.63 Å². The predicted octanol–water partition coefficient (Wildman–Crippen LogP) is 0.927. The van der Waals surface area contributed by atoms with Crippen molar-refractivity contribution in [3.05, 3.63) is 0 Å². The first-order chi connectivity index (χ1) is 7.22. The van der Waals surface area contributed by atoms with Gasteiger partial charge in [0.15, 0.2) is 0 Å². The van der Waals surface area contributed by atoms with Crippen LogP contribution in [0.2, 0.25) is 0 Å². The molecule has 15 heavy (non-hydrogen) atoms. The Morgan fingerprint density at radius 2 is 2.13 bits per heavy atom. The van der Waals surface area contributed by atoms with Gasteiger partial charge in [-0.1, -0.05) is 12.8 Å². The van der Waals surface area contributed by atoms with Gasteiger partial charge in [0.1, 0.15) is 0 Å². The Balaban J connectivity index is 1.93. The number of hydrogen-bond donors (Lipinski definition) is 1. The number of hydroxylamine groups is 2. The van der Waals surface area contributed by atoms with Crippen molar-refractivity contribution in [2.45, 2.75) is 44.2 Å². The third kappa shape index (κ3) is 2.16. The van der Waals surface area contributed by atoms with Crippen molar-refractivity contribution in [2.75, 3.05) is 14.2 Å². The summed E-state index contributed by atoms with van der Waals surface area (Å²) in [6.45, 7) is 0. The van der Waals surface area contributed by atoms with Crippen LogP contribution in [0.4, 0.5) is 0 Å². The molecule has 1 saturated heterocycles. The number of rotatable bonds is 2. The van der Waals surface area contributed by atoms with Gasteiger partial charge in [-0.25, -0.2) is 5.06 Å². The Morgan fingerprint density at radius 3 is 2.80 bits per heavy atom. The van der Waals surface area contributed by atoms with Crippen molar-refractivity contribution in [3.8, 4) is 0 Å². The number of carbonyl (C=O) groups is 1. The van der Waals surface area contributed by atoms with Crippen LogP contribution in [0.3, 0.4) is 0 Å². The van der Waals surface area contributed by atoms with Crippen LogP contribution in [0.1, 0.15) is 32.1 Å². The van der Waals surface area contributed by atoms with E-state index in [1.165, 1.54) is 37.9 Å². The highest BCUT2D eigenvalue weighted by Crippen LogP contribution is 2.33. The first-order valence-electron chi connectivity index (χ1n) is 5.80. The van der Waals surface area contributed by atoms with Crippen molar-refractivity contribution in [1.29, 1.82) is 0 Å². The highest BCUT2D eigenvalue weighted by atomic mass is 16.7. The lowest BCUT2D eigenvalue weighted by Crippen LogP contribution is -2.43. The largest absolute Gasteiger partial charge is 0.303 e.